The monoisotopic (exact) mass is 206 g/mol. The second-order valence-electron chi connectivity index (χ2n) is 0.602. The van der Waals surface area contributed by atoms with Crippen LogP contribution < -0.4 is 0 Å². The van der Waals surface area contributed by atoms with Crippen LogP contribution in [0.4, 0.5) is 12.6 Å². The SMILES string of the molecule is [F][Mo]([F])([F])([F])=[S]. The van der Waals surface area contributed by atoms with Crippen LogP contribution in [0.15, 0.2) is 0 Å². The maximum atomic E-state index is 10.4. The summed E-state index contributed by atoms with van der Waals surface area (Å²) in [5, 5.41) is 0. The summed E-state index contributed by atoms with van der Waals surface area (Å²) in [5.74, 6) is 0. The summed E-state index contributed by atoms with van der Waals surface area (Å²) in [6.07, 6.45) is 0. The zero-order valence-corrected chi connectivity index (χ0v) is 5.15. The molecule has 0 fully saturated rings. The van der Waals surface area contributed by atoms with Gasteiger partial charge in [0, 0.05) is 0 Å². The Kier molecular flexibility index (Phi) is 1.18. The van der Waals surface area contributed by atoms with Crippen LogP contribution in [0.1, 0.15) is 0 Å². The normalized spacial score (nSPS) is 19.0. The van der Waals surface area contributed by atoms with Gasteiger partial charge in [-0.05, 0) is 0 Å². The number of hydrogen-bond donors (Lipinski definition) is 0. The third-order valence-electron chi connectivity index (χ3n) is 0. The van der Waals surface area contributed by atoms with E-state index >= 15 is 0 Å². The summed E-state index contributed by atoms with van der Waals surface area (Å²) < 4.78 is 41.5. The first-order valence-corrected chi connectivity index (χ1v) is 6.61. The number of halogens is 4. The van der Waals surface area contributed by atoms with Crippen LogP contribution in [0.5, 0.6) is 0 Å². The molecular formula is F4MoS. The van der Waals surface area contributed by atoms with Gasteiger partial charge in [0.15, 0.2) is 0 Å². The molecule has 0 unspecified atom stereocenters. The van der Waals surface area contributed by atoms with Gasteiger partial charge in [-0.3, -0.25) is 0 Å². The molecule has 0 bridgehead atoms. The number of hydrogen-bond acceptors (Lipinski definition) is 1. The number of rotatable bonds is 0. The Morgan fingerprint density at radius 3 is 1.00 bits per heavy atom. The van der Waals surface area contributed by atoms with E-state index in [1.165, 1.54) is 0 Å². The molecule has 0 aromatic heterocycles. The van der Waals surface area contributed by atoms with Crippen molar-refractivity contribution in [1.29, 1.82) is 0 Å². The summed E-state index contributed by atoms with van der Waals surface area (Å²) in [7, 11) is 2.56. The predicted molar refractivity (Wildman–Crippen MR) is 12.0 cm³/mol. The summed E-state index contributed by atoms with van der Waals surface area (Å²) in [6.45, 7) is 0. The first-order chi connectivity index (χ1) is 2.24. The minimum absolute atomic E-state index is 2.56. The standard InChI is InChI=1S/4FH.Mo.S/h4*1H;;/q;;;;+4;/p-4. The first-order valence-electron chi connectivity index (χ1n) is 0.784. The molecule has 6 heteroatoms. The summed E-state index contributed by atoms with van der Waals surface area (Å²) in [5.41, 5.74) is 0. The van der Waals surface area contributed by atoms with Crippen LogP contribution in [0.25, 0.3) is 0 Å². The Labute approximate surface area is 38.0 Å². The van der Waals surface area contributed by atoms with Gasteiger partial charge in [0.2, 0.25) is 0 Å². The zero-order chi connectivity index (χ0) is 5.45. The van der Waals surface area contributed by atoms with Crippen molar-refractivity contribution in [2.75, 3.05) is 0 Å². The van der Waals surface area contributed by atoms with E-state index in [0.717, 1.165) is 0 Å². The van der Waals surface area contributed by atoms with Gasteiger partial charge in [-0.1, -0.05) is 0 Å². The summed E-state index contributed by atoms with van der Waals surface area (Å²) in [6, 6.07) is 0. The average molecular weight is 204 g/mol. The molecule has 0 heterocycles. The molecule has 0 amide bonds. The van der Waals surface area contributed by atoms with Crippen molar-refractivity contribution < 1.29 is 27.7 Å². The fourth-order valence-corrected chi connectivity index (χ4v) is 0. The third kappa shape index (κ3) is 154. The molecule has 0 atom stereocenters. The van der Waals surface area contributed by atoms with Gasteiger partial charge in [-0.15, -0.1) is 0 Å². The molecular weight excluding hydrogens is 204 g/mol. The second-order valence-corrected chi connectivity index (χ2v) is 6.54. The Bertz CT molecular complexity index is 85.2. The molecule has 0 aromatic rings. The van der Waals surface area contributed by atoms with E-state index in [4.69, 9.17) is 0 Å². The van der Waals surface area contributed by atoms with Gasteiger partial charge in [-0.2, -0.15) is 0 Å². The van der Waals surface area contributed by atoms with Crippen molar-refractivity contribution in [2.45, 2.75) is 0 Å². The maximum absolute atomic E-state index is 10.4. The molecule has 0 aliphatic carbocycles. The first kappa shape index (κ1) is 6.63. The molecule has 0 radical (unpaired) electrons. The van der Waals surface area contributed by atoms with Gasteiger partial charge in [-0.25, -0.2) is 0 Å². The van der Waals surface area contributed by atoms with Crippen molar-refractivity contribution in [2.24, 2.45) is 0 Å². The molecule has 0 saturated carbocycles. The van der Waals surface area contributed by atoms with Crippen molar-refractivity contribution >= 4 is 9.82 Å². The quantitative estimate of drug-likeness (QED) is 0.431. The zero-order valence-electron chi connectivity index (χ0n) is 2.33. The topological polar surface area (TPSA) is 0 Å². The van der Waals surface area contributed by atoms with Gasteiger partial charge in [0.25, 0.3) is 0 Å². The van der Waals surface area contributed by atoms with Gasteiger partial charge in [0.1, 0.15) is 0 Å². The predicted octanol–water partition coefficient (Wildman–Crippen LogP) is 2.33. The van der Waals surface area contributed by atoms with E-state index in [0.29, 0.717) is 0 Å². The molecule has 40 valence electrons. The van der Waals surface area contributed by atoms with E-state index < -0.39 is 15.1 Å². The van der Waals surface area contributed by atoms with Crippen molar-refractivity contribution in [3.63, 3.8) is 0 Å². The van der Waals surface area contributed by atoms with E-state index in [-0.39, 0.29) is 0 Å². The molecule has 0 rings (SSSR count). The van der Waals surface area contributed by atoms with Crippen molar-refractivity contribution in [3.05, 3.63) is 0 Å². The Morgan fingerprint density at radius 2 is 1.00 bits per heavy atom. The van der Waals surface area contributed by atoms with Crippen LogP contribution in [-0.2, 0) is 15.1 Å². The summed E-state index contributed by atoms with van der Waals surface area (Å²) >= 11 is -8.03. The summed E-state index contributed by atoms with van der Waals surface area (Å²) in [4.78, 5) is 0. The van der Waals surface area contributed by atoms with E-state index in [1.54, 1.807) is 0 Å². The molecule has 0 spiro atoms. The molecule has 0 aliphatic heterocycles. The fourth-order valence-electron chi connectivity index (χ4n) is 0. The van der Waals surface area contributed by atoms with Crippen molar-refractivity contribution in [1.82, 2.24) is 0 Å². The van der Waals surface area contributed by atoms with E-state index in [2.05, 4.69) is 9.82 Å². The Hall–Kier alpha value is 0.628. The van der Waals surface area contributed by atoms with E-state index in [1.807, 2.05) is 0 Å². The Morgan fingerprint density at radius 1 is 1.00 bits per heavy atom. The van der Waals surface area contributed by atoms with Crippen LogP contribution in [0.2, 0.25) is 0 Å². The molecule has 0 aromatic carbocycles. The van der Waals surface area contributed by atoms with Gasteiger partial charge in [0.05, 0.1) is 0 Å². The van der Waals surface area contributed by atoms with Crippen LogP contribution >= 0.6 is 9.82 Å². The van der Waals surface area contributed by atoms with Crippen LogP contribution in [0, 0.1) is 0 Å². The average Bonchev–Trinajstić information content (AvgIpc) is 0.650. The third-order valence-corrected chi connectivity index (χ3v) is 0. The molecule has 0 nitrogen and oxygen atoms in total. The Balaban J connectivity index is 4.16. The van der Waals surface area contributed by atoms with E-state index in [9.17, 15) is 12.6 Å². The van der Waals surface area contributed by atoms with Crippen LogP contribution in [-0.4, -0.2) is 0 Å². The molecule has 0 saturated heterocycles. The fraction of sp³-hybridized carbons (Fsp3) is 0. The second kappa shape index (κ2) is 1.07. The van der Waals surface area contributed by atoms with Crippen LogP contribution in [0.3, 0.4) is 0 Å². The minimum atomic E-state index is -8.03. The van der Waals surface area contributed by atoms with Gasteiger partial charge >= 0.3 is 37.5 Å². The van der Waals surface area contributed by atoms with Gasteiger partial charge < -0.3 is 0 Å². The molecule has 0 N–H and O–H groups in total. The van der Waals surface area contributed by atoms with Crippen molar-refractivity contribution in [3.8, 4) is 0 Å². The molecule has 0 aliphatic rings. The molecule has 6 heavy (non-hydrogen) atoms.